The highest BCUT2D eigenvalue weighted by molar-refractivity contribution is 5.43. The van der Waals surface area contributed by atoms with Crippen molar-refractivity contribution in [3.63, 3.8) is 0 Å². The number of hydrogen-bond acceptors (Lipinski definition) is 5. The number of nitrogens with one attached hydrogen (secondary N) is 1. The Kier molecular flexibility index (Phi) is 4.07. The molecule has 0 aliphatic heterocycles. The average Bonchev–Trinajstić information content (AvgIpc) is 2.86. The molecule has 19 heavy (non-hydrogen) atoms. The fourth-order valence-corrected chi connectivity index (χ4v) is 1.68. The normalized spacial score (nSPS) is 10.4. The van der Waals surface area contributed by atoms with E-state index in [0.29, 0.717) is 6.54 Å². The Hall–Kier alpha value is -2.44. The minimum absolute atomic E-state index is 0.146. The molecule has 0 fully saturated rings. The highest BCUT2D eigenvalue weighted by atomic mass is 16.6. The molecule has 0 saturated carbocycles. The largest absolute Gasteiger partial charge is 0.389 e. The number of nitro groups is 1. The summed E-state index contributed by atoms with van der Waals surface area (Å²) < 4.78 is 1.53. The molecule has 0 aliphatic rings. The Labute approximate surface area is 110 Å². The summed E-state index contributed by atoms with van der Waals surface area (Å²) in [6.07, 6.45) is 4.31. The molecule has 0 atom stereocenters. The zero-order chi connectivity index (χ0) is 13.7. The lowest BCUT2D eigenvalue weighted by molar-refractivity contribution is -0.389. The van der Waals surface area contributed by atoms with Crippen molar-refractivity contribution in [2.45, 2.75) is 19.9 Å². The number of pyridine rings is 1. The third kappa shape index (κ3) is 3.27. The molecule has 0 aromatic carbocycles. The van der Waals surface area contributed by atoms with E-state index in [0.717, 1.165) is 24.3 Å². The molecule has 1 N–H and O–H groups in total. The van der Waals surface area contributed by atoms with Gasteiger partial charge in [-0.1, -0.05) is 13.0 Å². The van der Waals surface area contributed by atoms with E-state index in [9.17, 15) is 10.1 Å². The number of hydrogen-bond donors (Lipinski definition) is 1. The van der Waals surface area contributed by atoms with Crippen LogP contribution in [0.5, 0.6) is 0 Å². The summed E-state index contributed by atoms with van der Waals surface area (Å²) in [4.78, 5) is 14.3. The predicted molar refractivity (Wildman–Crippen MR) is 71.0 cm³/mol. The minimum Gasteiger partial charge on any atom is -0.370 e. The molecule has 0 saturated heterocycles. The predicted octanol–water partition coefficient (Wildman–Crippen LogP) is 2.06. The smallest absolute Gasteiger partial charge is 0.370 e. The third-order valence-electron chi connectivity index (χ3n) is 2.58. The van der Waals surface area contributed by atoms with Crippen LogP contribution in [0.1, 0.15) is 18.9 Å². The van der Waals surface area contributed by atoms with Crippen molar-refractivity contribution >= 4 is 11.6 Å². The van der Waals surface area contributed by atoms with Crippen molar-refractivity contribution < 1.29 is 4.92 Å². The SMILES string of the molecule is CCCNc1ncccc1Cn1ccc([N+](=O)[O-])n1. The van der Waals surface area contributed by atoms with Crippen LogP contribution in [0.3, 0.4) is 0 Å². The maximum absolute atomic E-state index is 10.6. The number of nitrogens with zero attached hydrogens (tertiary/aromatic N) is 4. The second kappa shape index (κ2) is 5.94. The van der Waals surface area contributed by atoms with Crippen molar-refractivity contribution in [1.29, 1.82) is 0 Å². The molecule has 0 unspecified atom stereocenters. The number of anilines is 1. The van der Waals surface area contributed by atoms with E-state index in [2.05, 4.69) is 22.3 Å². The molecule has 0 aliphatic carbocycles. The van der Waals surface area contributed by atoms with Gasteiger partial charge in [-0.3, -0.25) is 0 Å². The van der Waals surface area contributed by atoms with Crippen LogP contribution in [0.25, 0.3) is 0 Å². The average molecular weight is 261 g/mol. The summed E-state index contributed by atoms with van der Waals surface area (Å²) in [5.74, 6) is 0.648. The standard InChI is InChI=1S/C12H15N5O2/c1-2-6-13-12-10(4-3-7-14-12)9-16-8-5-11(15-16)17(18)19/h3-5,7-8H,2,6,9H2,1H3,(H,13,14). The molecule has 7 nitrogen and oxygen atoms in total. The Morgan fingerprint density at radius 3 is 3.00 bits per heavy atom. The summed E-state index contributed by atoms with van der Waals surface area (Å²) in [6, 6.07) is 5.15. The van der Waals surface area contributed by atoms with Gasteiger partial charge < -0.3 is 15.4 Å². The van der Waals surface area contributed by atoms with Crippen LogP contribution in [-0.4, -0.2) is 26.2 Å². The molecule has 0 bridgehead atoms. The molecule has 100 valence electrons. The van der Waals surface area contributed by atoms with E-state index >= 15 is 0 Å². The van der Waals surface area contributed by atoms with Crippen molar-refractivity contribution in [3.8, 4) is 0 Å². The third-order valence-corrected chi connectivity index (χ3v) is 2.58. The van der Waals surface area contributed by atoms with Crippen molar-refractivity contribution in [3.05, 3.63) is 46.3 Å². The Morgan fingerprint density at radius 1 is 1.47 bits per heavy atom. The van der Waals surface area contributed by atoms with Crippen LogP contribution in [0.2, 0.25) is 0 Å². The van der Waals surface area contributed by atoms with Gasteiger partial charge in [0.15, 0.2) is 0 Å². The summed E-state index contributed by atoms with van der Waals surface area (Å²) in [6.45, 7) is 3.36. The van der Waals surface area contributed by atoms with Crippen LogP contribution >= 0.6 is 0 Å². The molecule has 2 aromatic heterocycles. The van der Waals surface area contributed by atoms with Gasteiger partial charge in [-0.05, 0) is 17.4 Å². The van der Waals surface area contributed by atoms with Gasteiger partial charge in [-0.2, -0.15) is 4.68 Å². The maximum atomic E-state index is 10.6. The molecule has 0 radical (unpaired) electrons. The first-order valence-corrected chi connectivity index (χ1v) is 6.06. The van der Waals surface area contributed by atoms with Crippen LogP contribution in [0, 0.1) is 10.1 Å². The second-order valence-corrected chi connectivity index (χ2v) is 4.07. The highest BCUT2D eigenvalue weighted by Crippen LogP contribution is 2.14. The Bertz CT molecular complexity index is 567. The van der Waals surface area contributed by atoms with Gasteiger partial charge in [0.2, 0.25) is 0 Å². The monoisotopic (exact) mass is 261 g/mol. The Morgan fingerprint density at radius 2 is 2.32 bits per heavy atom. The van der Waals surface area contributed by atoms with Gasteiger partial charge in [0.25, 0.3) is 0 Å². The lowest BCUT2D eigenvalue weighted by atomic mass is 10.2. The van der Waals surface area contributed by atoms with Crippen molar-refractivity contribution in [2.75, 3.05) is 11.9 Å². The topological polar surface area (TPSA) is 85.9 Å². The molecular weight excluding hydrogens is 246 g/mol. The molecule has 2 heterocycles. The first-order valence-electron chi connectivity index (χ1n) is 6.06. The highest BCUT2D eigenvalue weighted by Gasteiger charge is 2.12. The first kappa shape index (κ1) is 13.0. The van der Waals surface area contributed by atoms with Crippen LogP contribution in [0.4, 0.5) is 11.6 Å². The Balaban J connectivity index is 2.15. The fourth-order valence-electron chi connectivity index (χ4n) is 1.68. The molecule has 7 heteroatoms. The van der Waals surface area contributed by atoms with E-state index in [-0.39, 0.29) is 5.82 Å². The molecule has 0 amide bonds. The van der Waals surface area contributed by atoms with E-state index in [1.54, 1.807) is 12.4 Å². The molecular formula is C12H15N5O2. The van der Waals surface area contributed by atoms with Gasteiger partial charge in [0, 0.05) is 18.3 Å². The summed E-state index contributed by atoms with van der Waals surface area (Å²) in [5, 5.41) is 17.7. The van der Waals surface area contributed by atoms with Gasteiger partial charge in [0.05, 0.1) is 23.9 Å². The second-order valence-electron chi connectivity index (χ2n) is 4.07. The van der Waals surface area contributed by atoms with E-state index in [1.807, 2.05) is 12.1 Å². The van der Waals surface area contributed by atoms with Gasteiger partial charge >= 0.3 is 5.82 Å². The molecule has 2 aromatic rings. The fraction of sp³-hybridized carbons (Fsp3) is 0.333. The van der Waals surface area contributed by atoms with Crippen molar-refractivity contribution in [1.82, 2.24) is 14.8 Å². The lowest BCUT2D eigenvalue weighted by Crippen LogP contribution is -2.08. The molecule has 0 spiro atoms. The van der Waals surface area contributed by atoms with Crippen molar-refractivity contribution in [2.24, 2.45) is 0 Å². The van der Waals surface area contributed by atoms with Crippen LogP contribution < -0.4 is 5.32 Å². The van der Waals surface area contributed by atoms with Crippen LogP contribution in [0.15, 0.2) is 30.6 Å². The van der Waals surface area contributed by atoms with E-state index in [4.69, 9.17) is 0 Å². The number of aromatic nitrogens is 3. The lowest BCUT2D eigenvalue weighted by Gasteiger charge is -2.08. The van der Waals surface area contributed by atoms with Gasteiger partial charge in [-0.25, -0.2) is 4.98 Å². The van der Waals surface area contributed by atoms with E-state index in [1.165, 1.54) is 10.7 Å². The summed E-state index contributed by atoms with van der Waals surface area (Å²) in [5.41, 5.74) is 0.953. The van der Waals surface area contributed by atoms with Gasteiger partial charge in [-0.15, -0.1) is 0 Å². The quantitative estimate of drug-likeness (QED) is 0.635. The zero-order valence-electron chi connectivity index (χ0n) is 10.6. The van der Waals surface area contributed by atoms with E-state index < -0.39 is 4.92 Å². The summed E-state index contributed by atoms with van der Waals surface area (Å²) in [7, 11) is 0. The number of rotatable bonds is 6. The van der Waals surface area contributed by atoms with Gasteiger partial charge in [0.1, 0.15) is 5.82 Å². The summed E-state index contributed by atoms with van der Waals surface area (Å²) >= 11 is 0. The zero-order valence-corrected chi connectivity index (χ0v) is 10.6. The van der Waals surface area contributed by atoms with Crippen LogP contribution in [-0.2, 0) is 6.54 Å². The maximum Gasteiger partial charge on any atom is 0.389 e. The minimum atomic E-state index is -0.504. The first-order chi connectivity index (χ1) is 9.20. The molecule has 2 rings (SSSR count).